The van der Waals surface area contributed by atoms with E-state index in [1.54, 1.807) is 31.2 Å². The molecule has 0 saturated carbocycles. The molecule has 2 aromatic carbocycles. The van der Waals surface area contributed by atoms with Gasteiger partial charge >= 0.3 is 0 Å². The highest BCUT2D eigenvalue weighted by molar-refractivity contribution is 7.89. The molecule has 0 atom stereocenters. The molecule has 0 bridgehead atoms. The summed E-state index contributed by atoms with van der Waals surface area (Å²) in [5.74, 6) is 1.43. The van der Waals surface area contributed by atoms with Gasteiger partial charge in [-0.15, -0.1) is 6.58 Å². The number of allylic oxidation sites excluding steroid dienone is 1. The molecule has 3 aromatic rings. The lowest BCUT2D eigenvalue weighted by molar-refractivity contribution is 0.395. The van der Waals surface area contributed by atoms with Gasteiger partial charge in [0.05, 0.1) is 20.8 Å². The molecule has 0 unspecified atom stereocenters. The fourth-order valence-corrected chi connectivity index (χ4v) is 4.29. The molecule has 158 valence electrons. The summed E-state index contributed by atoms with van der Waals surface area (Å²) in [6.07, 6.45) is 3.30. The van der Waals surface area contributed by atoms with Crippen LogP contribution in [0.2, 0.25) is 0 Å². The van der Waals surface area contributed by atoms with Crippen molar-refractivity contribution >= 4 is 10.0 Å². The van der Waals surface area contributed by atoms with Crippen LogP contribution in [0.25, 0.3) is 0 Å². The van der Waals surface area contributed by atoms with E-state index < -0.39 is 10.0 Å². The topological polar surface area (TPSA) is 73.7 Å². The molecule has 8 heteroatoms. The number of sulfonamides is 1. The second kappa shape index (κ2) is 9.60. The molecule has 0 aliphatic heterocycles. The molecule has 30 heavy (non-hydrogen) atoms. The summed E-state index contributed by atoms with van der Waals surface area (Å²) in [4.78, 5) is 0. The van der Waals surface area contributed by atoms with Gasteiger partial charge in [-0.25, -0.2) is 8.42 Å². The molecule has 0 saturated heterocycles. The molecule has 0 amide bonds. The van der Waals surface area contributed by atoms with Crippen molar-refractivity contribution in [2.75, 3.05) is 14.2 Å². The Morgan fingerprint density at radius 1 is 0.933 bits per heavy atom. The molecular formula is C22H25N3O4S. The third kappa shape index (κ3) is 5.08. The predicted octanol–water partition coefficient (Wildman–Crippen LogP) is 3.48. The van der Waals surface area contributed by atoms with Crippen molar-refractivity contribution in [3.63, 3.8) is 0 Å². The van der Waals surface area contributed by atoms with E-state index in [4.69, 9.17) is 9.47 Å². The lowest BCUT2D eigenvalue weighted by Gasteiger charge is -2.21. The summed E-state index contributed by atoms with van der Waals surface area (Å²) in [6, 6.07) is 16.2. The van der Waals surface area contributed by atoms with Crippen LogP contribution in [0.1, 0.15) is 11.1 Å². The van der Waals surface area contributed by atoms with Gasteiger partial charge < -0.3 is 9.47 Å². The van der Waals surface area contributed by atoms with E-state index in [0.29, 0.717) is 18.0 Å². The standard InChI is InChI=1S/C22H25N3O4S/c1-4-14-24-15-13-22(23-24)30(26,27)25(16-18-5-9-20(28-2)10-6-18)17-19-7-11-21(29-3)12-8-19/h4-13,15H,1,14,16-17H2,2-3H3. The van der Waals surface area contributed by atoms with Gasteiger partial charge in [0, 0.05) is 19.3 Å². The van der Waals surface area contributed by atoms with Crippen molar-refractivity contribution in [3.8, 4) is 11.5 Å². The van der Waals surface area contributed by atoms with Crippen LogP contribution >= 0.6 is 0 Å². The second-order valence-electron chi connectivity index (χ2n) is 6.63. The number of aromatic nitrogens is 2. The zero-order valence-corrected chi connectivity index (χ0v) is 17.9. The average molecular weight is 428 g/mol. The van der Waals surface area contributed by atoms with E-state index in [9.17, 15) is 8.42 Å². The minimum Gasteiger partial charge on any atom is -0.497 e. The largest absolute Gasteiger partial charge is 0.497 e. The summed E-state index contributed by atoms with van der Waals surface area (Å²) in [7, 11) is -0.637. The molecule has 0 fully saturated rings. The molecular weight excluding hydrogens is 402 g/mol. The van der Waals surface area contributed by atoms with Gasteiger partial charge in [-0.1, -0.05) is 30.3 Å². The first kappa shape index (κ1) is 21.6. The monoisotopic (exact) mass is 427 g/mol. The highest BCUT2D eigenvalue weighted by Crippen LogP contribution is 2.22. The summed E-state index contributed by atoms with van der Waals surface area (Å²) in [5, 5.41) is 4.21. The molecule has 1 aromatic heterocycles. The molecule has 1 heterocycles. The third-order valence-electron chi connectivity index (χ3n) is 4.57. The Morgan fingerprint density at radius 3 is 1.87 bits per heavy atom. The number of benzene rings is 2. The van der Waals surface area contributed by atoms with Crippen LogP contribution in [-0.4, -0.2) is 36.7 Å². The quantitative estimate of drug-likeness (QED) is 0.463. The van der Waals surface area contributed by atoms with Crippen LogP contribution in [0.15, 0.2) is 78.5 Å². The maximum atomic E-state index is 13.4. The summed E-state index contributed by atoms with van der Waals surface area (Å²) < 4.78 is 40.1. The normalized spacial score (nSPS) is 11.4. The van der Waals surface area contributed by atoms with E-state index in [-0.39, 0.29) is 18.1 Å². The number of hydrogen-bond acceptors (Lipinski definition) is 5. The molecule has 7 nitrogen and oxygen atoms in total. The Morgan fingerprint density at radius 2 is 1.43 bits per heavy atom. The lowest BCUT2D eigenvalue weighted by atomic mass is 10.2. The van der Waals surface area contributed by atoms with Crippen LogP contribution < -0.4 is 9.47 Å². The fourth-order valence-electron chi connectivity index (χ4n) is 2.94. The fraction of sp³-hybridized carbons (Fsp3) is 0.227. The van der Waals surface area contributed by atoms with E-state index in [2.05, 4.69) is 11.7 Å². The van der Waals surface area contributed by atoms with Crippen molar-refractivity contribution in [3.05, 3.63) is 84.6 Å². The zero-order valence-electron chi connectivity index (χ0n) is 17.1. The van der Waals surface area contributed by atoms with Crippen LogP contribution in [0.4, 0.5) is 0 Å². The first-order chi connectivity index (χ1) is 14.5. The number of hydrogen-bond donors (Lipinski definition) is 0. The first-order valence-corrected chi connectivity index (χ1v) is 10.8. The summed E-state index contributed by atoms with van der Waals surface area (Å²) >= 11 is 0. The highest BCUT2D eigenvalue weighted by atomic mass is 32.2. The molecule has 0 aliphatic rings. The van der Waals surface area contributed by atoms with Crippen molar-refractivity contribution in [1.82, 2.24) is 14.1 Å². The Bertz CT molecular complexity index is 1020. The second-order valence-corrected chi connectivity index (χ2v) is 8.52. The summed E-state index contributed by atoms with van der Waals surface area (Å²) in [5.41, 5.74) is 1.69. The van der Waals surface area contributed by atoms with Gasteiger partial charge in [-0.2, -0.15) is 9.40 Å². The minimum absolute atomic E-state index is 0.00590. The van der Waals surface area contributed by atoms with Crippen molar-refractivity contribution in [2.45, 2.75) is 24.7 Å². The molecule has 0 radical (unpaired) electrons. The van der Waals surface area contributed by atoms with Gasteiger partial charge in [-0.3, -0.25) is 4.68 Å². The maximum Gasteiger partial charge on any atom is 0.262 e. The van der Waals surface area contributed by atoms with E-state index in [1.807, 2.05) is 48.5 Å². The first-order valence-electron chi connectivity index (χ1n) is 9.36. The minimum atomic E-state index is -3.82. The van der Waals surface area contributed by atoms with Crippen LogP contribution in [0.5, 0.6) is 11.5 Å². The van der Waals surface area contributed by atoms with Crippen LogP contribution in [0, 0.1) is 0 Å². The number of nitrogens with zero attached hydrogens (tertiary/aromatic N) is 3. The Hall–Kier alpha value is -3.10. The number of rotatable bonds is 10. The van der Waals surface area contributed by atoms with Gasteiger partial charge in [0.15, 0.2) is 5.03 Å². The van der Waals surface area contributed by atoms with E-state index >= 15 is 0 Å². The maximum absolute atomic E-state index is 13.4. The Balaban J connectivity index is 1.92. The van der Waals surface area contributed by atoms with Gasteiger partial charge in [0.1, 0.15) is 11.5 Å². The van der Waals surface area contributed by atoms with E-state index in [0.717, 1.165) is 11.1 Å². The number of methoxy groups -OCH3 is 2. The van der Waals surface area contributed by atoms with Gasteiger partial charge in [0.2, 0.25) is 0 Å². The SMILES string of the molecule is C=CCn1ccc(S(=O)(=O)N(Cc2ccc(OC)cc2)Cc2ccc(OC)cc2)n1. The van der Waals surface area contributed by atoms with Crippen molar-refractivity contribution in [1.29, 1.82) is 0 Å². The smallest absolute Gasteiger partial charge is 0.262 e. The number of ether oxygens (including phenoxy) is 2. The highest BCUT2D eigenvalue weighted by Gasteiger charge is 2.27. The molecule has 0 aliphatic carbocycles. The van der Waals surface area contributed by atoms with Crippen LogP contribution in [-0.2, 0) is 29.7 Å². The Labute approximate surface area is 177 Å². The predicted molar refractivity (Wildman–Crippen MR) is 115 cm³/mol. The lowest BCUT2D eigenvalue weighted by Crippen LogP contribution is -2.30. The van der Waals surface area contributed by atoms with Gasteiger partial charge in [-0.05, 0) is 41.5 Å². The van der Waals surface area contributed by atoms with Crippen molar-refractivity contribution < 1.29 is 17.9 Å². The molecule has 0 N–H and O–H groups in total. The van der Waals surface area contributed by atoms with Crippen LogP contribution in [0.3, 0.4) is 0 Å². The van der Waals surface area contributed by atoms with Crippen molar-refractivity contribution in [2.24, 2.45) is 0 Å². The average Bonchev–Trinajstić information content (AvgIpc) is 3.24. The van der Waals surface area contributed by atoms with Gasteiger partial charge in [0.25, 0.3) is 10.0 Å². The molecule has 0 spiro atoms. The Kier molecular flexibility index (Phi) is 6.91. The summed E-state index contributed by atoms with van der Waals surface area (Å²) in [6.45, 7) is 4.50. The molecule has 3 rings (SSSR count). The third-order valence-corrected chi connectivity index (χ3v) is 6.26. The zero-order chi connectivity index (χ0) is 21.6. The van der Waals surface area contributed by atoms with E-state index in [1.165, 1.54) is 10.4 Å².